The average molecular weight is 266 g/mol. The quantitative estimate of drug-likeness (QED) is 0.834. The predicted octanol–water partition coefficient (Wildman–Crippen LogP) is 0.633. The Morgan fingerprint density at radius 3 is 2.72 bits per heavy atom. The van der Waals surface area contributed by atoms with Crippen molar-refractivity contribution in [1.29, 1.82) is 0 Å². The summed E-state index contributed by atoms with van der Waals surface area (Å²) in [6, 6.07) is 0. The summed E-state index contributed by atoms with van der Waals surface area (Å²) in [6.45, 7) is 1.77. The zero-order valence-electron chi connectivity index (χ0n) is 9.52. The number of nitrogens with one attached hydrogen (secondary N) is 1. The number of hydrogen-bond donors (Lipinski definition) is 2. The van der Waals surface area contributed by atoms with Gasteiger partial charge in [0.2, 0.25) is 0 Å². The molecule has 0 bridgehead atoms. The lowest BCUT2D eigenvalue weighted by atomic mass is 10.2. The molecule has 0 spiro atoms. The second-order valence-electron chi connectivity index (χ2n) is 4.53. The van der Waals surface area contributed by atoms with Crippen molar-refractivity contribution >= 4 is 27.5 Å². The predicted molar refractivity (Wildman–Crippen MR) is 66.3 cm³/mol. The number of carboxylic acids is 1. The molecule has 2 heterocycles. The van der Waals surface area contributed by atoms with Crippen LogP contribution in [0.3, 0.4) is 0 Å². The van der Waals surface area contributed by atoms with Crippen LogP contribution in [0.1, 0.15) is 18.4 Å². The monoisotopic (exact) mass is 266 g/mol. The molecule has 0 radical (unpaired) electrons. The van der Waals surface area contributed by atoms with E-state index in [2.05, 4.69) is 4.98 Å². The summed E-state index contributed by atoms with van der Waals surface area (Å²) in [7, 11) is 0. The third kappa shape index (κ3) is 1.25. The summed E-state index contributed by atoms with van der Waals surface area (Å²) in [6.07, 6.45) is 0.639. The number of carbonyl (C=O) groups is 1. The third-order valence-corrected chi connectivity index (χ3v) is 4.38. The van der Waals surface area contributed by atoms with Crippen LogP contribution in [-0.2, 0) is 10.3 Å². The van der Waals surface area contributed by atoms with Gasteiger partial charge < -0.3 is 5.11 Å². The SMILES string of the molecule is Cc1csc2[nH]c(=O)n(C3(C(=O)O)CC3)c(=O)c12. The molecule has 0 amide bonds. The van der Waals surface area contributed by atoms with Crippen molar-refractivity contribution in [3.8, 4) is 0 Å². The number of aromatic nitrogens is 2. The minimum Gasteiger partial charge on any atom is -0.479 e. The Morgan fingerprint density at radius 1 is 1.50 bits per heavy atom. The maximum atomic E-state index is 12.3. The molecule has 2 N–H and O–H groups in total. The van der Waals surface area contributed by atoms with Gasteiger partial charge in [-0.05, 0) is 30.7 Å². The van der Waals surface area contributed by atoms with Crippen LogP contribution in [0.15, 0.2) is 15.0 Å². The lowest BCUT2D eigenvalue weighted by Gasteiger charge is -2.12. The molecule has 0 aromatic carbocycles. The van der Waals surface area contributed by atoms with E-state index in [1.165, 1.54) is 11.3 Å². The van der Waals surface area contributed by atoms with Crippen LogP contribution in [0.2, 0.25) is 0 Å². The highest BCUT2D eigenvalue weighted by atomic mass is 32.1. The first-order valence-corrected chi connectivity index (χ1v) is 6.32. The van der Waals surface area contributed by atoms with Crippen molar-refractivity contribution in [2.45, 2.75) is 25.3 Å². The van der Waals surface area contributed by atoms with Crippen molar-refractivity contribution in [2.75, 3.05) is 0 Å². The zero-order valence-corrected chi connectivity index (χ0v) is 10.3. The van der Waals surface area contributed by atoms with Gasteiger partial charge in [-0.1, -0.05) is 0 Å². The minimum atomic E-state index is -1.34. The second kappa shape index (κ2) is 3.32. The van der Waals surface area contributed by atoms with Crippen LogP contribution in [0.4, 0.5) is 0 Å². The highest BCUT2D eigenvalue weighted by Crippen LogP contribution is 2.42. The number of rotatable bonds is 2. The zero-order chi connectivity index (χ0) is 13.1. The molecule has 0 aliphatic heterocycles. The first kappa shape index (κ1) is 11.2. The number of hydrogen-bond acceptors (Lipinski definition) is 4. The smallest absolute Gasteiger partial charge is 0.330 e. The van der Waals surface area contributed by atoms with Crippen LogP contribution >= 0.6 is 11.3 Å². The summed E-state index contributed by atoms with van der Waals surface area (Å²) in [5, 5.41) is 11.4. The molecule has 1 aliphatic rings. The van der Waals surface area contributed by atoms with Crippen LogP contribution < -0.4 is 11.2 Å². The molecule has 2 aromatic heterocycles. The number of aromatic amines is 1. The van der Waals surface area contributed by atoms with E-state index in [-0.39, 0.29) is 0 Å². The number of aryl methyl sites for hydroxylation is 1. The molecule has 7 heteroatoms. The van der Waals surface area contributed by atoms with Gasteiger partial charge in [0.25, 0.3) is 5.56 Å². The molecule has 0 saturated heterocycles. The Bertz CT molecular complexity index is 778. The Balaban J connectivity index is 2.44. The standard InChI is InChI=1S/C11H10N2O4S/c1-5-4-18-7-6(5)8(14)13(10(17)12-7)11(2-3-11)9(15)16/h4H,2-3H2,1H3,(H,12,17)(H,15,16). The minimum absolute atomic E-state index is 0.319. The van der Waals surface area contributed by atoms with Gasteiger partial charge in [-0.25, -0.2) is 14.2 Å². The molecular weight excluding hydrogens is 256 g/mol. The van der Waals surface area contributed by atoms with E-state index in [0.29, 0.717) is 23.1 Å². The molecule has 18 heavy (non-hydrogen) atoms. The van der Waals surface area contributed by atoms with Crippen LogP contribution in [0, 0.1) is 6.92 Å². The fraction of sp³-hybridized carbons (Fsp3) is 0.364. The molecule has 2 aromatic rings. The maximum Gasteiger partial charge on any atom is 0.330 e. The number of aliphatic carboxylic acids is 1. The molecule has 1 aliphatic carbocycles. The molecule has 3 rings (SSSR count). The third-order valence-electron chi connectivity index (χ3n) is 3.37. The first-order chi connectivity index (χ1) is 8.47. The van der Waals surface area contributed by atoms with E-state index >= 15 is 0 Å². The second-order valence-corrected chi connectivity index (χ2v) is 5.41. The normalized spacial score (nSPS) is 16.9. The Kier molecular flexibility index (Phi) is 2.07. The fourth-order valence-corrected chi connectivity index (χ4v) is 3.12. The van der Waals surface area contributed by atoms with Crippen molar-refractivity contribution in [2.24, 2.45) is 0 Å². The number of fused-ring (bicyclic) bond motifs is 1. The molecule has 0 atom stereocenters. The van der Waals surface area contributed by atoms with E-state index in [0.717, 1.165) is 10.1 Å². The average Bonchev–Trinajstić information content (AvgIpc) is 2.99. The number of H-pyrrole nitrogens is 1. The number of carboxylic acid groups (broad SMARTS) is 1. The first-order valence-electron chi connectivity index (χ1n) is 5.44. The van der Waals surface area contributed by atoms with Crippen molar-refractivity contribution < 1.29 is 9.90 Å². The molecule has 94 valence electrons. The molecule has 1 fully saturated rings. The lowest BCUT2D eigenvalue weighted by Crippen LogP contribution is -2.45. The summed E-state index contributed by atoms with van der Waals surface area (Å²) in [4.78, 5) is 38.5. The van der Waals surface area contributed by atoms with Crippen molar-refractivity contribution in [3.05, 3.63) is 31.8 Å². The topological polar surface area (TPSA) is 92.2 Å². The summed E-state index contributed by atoms with van der Waals surface area (Å²) < 4.78 is 0.859. The fourth-order valence-electron chi connectivity index (χ4n) is 2.20. The highest BCUT2D eigenvalue weighted by Gasteiger charge is 2.54. The highest BCUT2D eigenvalue weighted by molar-refractivity contribution is 7.16. The number of nitrogens with zero attached hydrogens (tertiary/aromatic N) is 1. The number of thiophene rings is 1. The summed E-state index contributed by atoms with van der Waals surface area (Å²) in [5.41, 5.74) is -1.74. The maximum absolute atomic E-state index is 12.3. The van der Waals surface area contributed by atoms with Crippen LogP contribution in [0.25, 0.3) is 10.2 Å². The molecule has 0 unspecified atom stereocenters. The van der Waals surface area contributed by atoms with Crippen molar-refractivity contribution in [3.63, 3.8) is 0 Å². The van der Waals surface area contributed by atoms with E-state index in [1.54, 1.807) is 12.3 Å². The van der Waals surface area contributed by atoms with Gasteiger partial charge in [0, 0.05) is 0 Å². The molecule has 6 nitrogen and oxygen atoms in total. The Labute approximate surface area is 105 Å². The van der Waals surface area contributed by atoms with Crippen molar-refractivity contribution in [1.82, 2.24) is 9.55 Å². The summed E-state index contributed by atoms with van der Waals surface area (Å²) >= 11 is 1.27. The Morgan fingerprint density at radius 2 is 2.17 bits per heavy atom. The van der Waals surface area contributed by atoms with Gasteiger partial charge in [-0.2, -0.15) is 0 Å². The van der Waals surface area contributed by atoms with Gasteiger partial charge >= 0.3 is 11.7 Å². The van der Waals surface area contributed by atoms with Gasteiger partial charge in [-0.15, -0.1) is 11.3 Å². The van der Waals surface area contributed by atoms with E-state index in [4.69, 9.17) is 0 Å². The van der Waals surface area contributed by atoms with Gasteiger partial charge in [0.1, 0.15) is 10.4 Å². The molecular formula is C11H10N2O4S. The van der Waals surface area contributed by atoms with Gasteiger partial charge in [0.15, 0.2) is 0 Å². The molecule has 1 saturated carbocycles. The lowest BCUT2D eigenvalue weighted by molar-refractivity contribution is -0.142. The Hall–Kier alpha value is -1.89. The van der Waals surface area contributed by atoms with Crippen LogP contribution in [0.5, 0.6) is 0 Å². The van der Waals surface area contributed by atoms with E-state index in [1.807, 2.05) is 0 Å². The van der Waals surface area contributed by atoms with Crippen LogP contribution in [-0.4, -0.2) is 20.6 Å². The largest absolute Gasteiger partial charge is 0.479 e. The van der Waals surface area contributed by atoms with E-state index in [9.17, 15) is 19.5 Å². The summed E-state index contributed by atoms with van der Waals surface area (Å²) in [5.74, 6) is -1.12. The van der Waals surface area contributed by atoms with E-state index < -0.39 is 22.8 Å². The van der Waals surface area contributed by atoms with Gasteiger partial charge in [0.05, 0.1) is 5.39 Å². The van der Waals surface area contributed by atoms with Gasteiger partial charge in [-0.3, -0.25) is 9.78 Å².